The number of hydrogen-bond acceptors (Lipinski definition) is 3. The molecule has 2 heterocycles. The van der Waals surface area contributed by atoms with Gasteiger partial charge in [0, 0.05) is 11.6 Å². The van der Waals surface area contributed by atoms with Gasteiger partial charge in [0.15, 0.2) is 10.8 Å². The van der Waals surface area contributed by atoms with E-state index in [2.05, 4.69) is 25.9 Å². The molecule has 0 unspecified atom stereocenters. The summed E-state index contributed by atoms with van der Waals surface area (Å²) in [7, 11) is -4.00. The summed E-state index contributed by atoms with van der Waals surface area (Å²) in [6, 6.07) is 9.27. The van der Waals surface area contributed by atoms with Crippen LogP contribution in [0.3, 0.4) is 0 Å². The molecule has 7 heteroatoms. The minimum atomic E-state index is -4.00. The van der Waals surface area contributed by atoms with Crippen LogP contribution in [0.5, 0.6) is 0 Å². The normalized spacial score (nSPS) is 11.9. The van der Waals surface area contributed by atoms with Gasteiger partial charge in [-0.25, -0.2) is 17.8 Å². The van der Waals surface area contributed by atoms with E-state index in [1.165, 1.54) is 18.3 Å². The summed E-state index contributed by atoms with van der Waals surface area (Å²) < 4.78 is 39.5. The Morgan fingerprint density at radius 2 is 1.85 bits per heavy atom. The quantitative estimate of drug-likeness (QED) is 0.718. The lowest BCUT2D eigenvalue weighted by molar-refractivity contribution is 0.559. The number of nitrogens with one attached hydrogen (secondary N) is 1. The third-order valence-electron chi connectivity index (χ3n) is 2.88. The van der Waals surface area contributed by atoms with E-state index >= 15 is 0 Å². The van der Waals surface area contributed by atoms with Crippen molar-refractivity contribution < 1.29 is 12.8 Å². The number of nitrogens with zero attached hydrogens (tertiary/aromatic N) is 1. The van der Waals surface area contributed by atoms with Crippen LogP contribution in [0, 0.1) is 5.82 Å². The second-order valence-electron chi connectivity index (χ2n) is 4.10. The number of benzene rings is 1. The van der Waals surface area contributed by atoms with E-state index < -0.39 is 20.7 Å². The van der Waals surface area contributed by atoms with Crippen molar-refractivity contribution in [2.24, 2.45) is 0 Å². The highest BCUT2D eigenvalue weighted by atomic mass is 79.9. The Morgan fingerprint density at radius 1 is 1.15 bits per heavy atom. The van der Waals surface area contributed by atoms with Crippen molar-refractivity contribution >= 4 is 36.7 Å². The summed E-state index contributed by atoms with van der Waals surface area (Å²) in [5.74, 6) is -0.878. The van der Waals surface area contributed by atoms with Crippen molar-refractivity contribution in [3.63, 3.8) is 0 Å². The molecule has 1 aromatic carbocycles. The van der Waals surface area contributed by atoms with E-state index in [0.717, 1.165) is 0 Å². The topological polar surface area (TPSA) is 62.8 Å². The number of hydrogen-bond donors (Lipinski definition) is 1. The van der Waals surface area contributed by atoms with Crippen LogP contribution in [-0.4, -0.2) is 18.4 Å². The van der Waals surface area contributed by atoms with Crippen LogP contribution >= 0.6 is 15.9 Å². The van der Waals surface area contributed by atoms with E-state index in [1.54, 1.807) is 24.3 Å². The van der Waals surface area contributed by atoms with Gasteiger partial charge in [-0.15, -0.1) is 0 Å². The van der Waals surface area contributed by atoms with Gasteiger partial charge >= 0.3 is 0 Å². The maximum atomic E-state index is 14.4. The fraction of sp³-hybridized carbons (Fsp3) is 0. The minimum absolute atomic E-state index is 0.00389. The van der Waals surface area contributed by atoms with E-state index in [0.29, 0.717) is 5.39 Å². The van der Waals surface area contributed by atoms with Crippen LogP contribution in [0.15, 0.2) is 57.1 Å². The van der Waals surface area contributed by atoms with Crippen LogP contribution in [0.25, 0.3) is 10.9 Å². The van der Waals surface area contributed by atoms with E-state index in [4.69, 9.17) is 0 Å². The molecule has 3 rings (SSSR count). The van der Waals surface area contributed by atoms with Crippen molar-refractivity contribution in [3.8, 4) is 0 Å². The first kappa shape index (κ1) is 13.3. The Bertz CT molecular complexity index is 891. The SMILES string of the molecule is O=S(=O)(c1ccccc1)c1nc(Br)c2cc[nH]c2c1F. The molecule has 20 heavy (non-hydrogen) atoms. The molecule has 1 N–H and O–H groups in total. The van der Waals surface area contributed by atoms with Gasteiger partial charge in [0.25, 0.3) is 0 Å². The molecule has 4 nitrogen and oxygen atoms in total. The molecular formula is C13H8BrFN2O2S. The summed E-state index contributed by atoms with van der Waals surface area (Å²) in [4.78, 5) is 6.54. The zero-order valence-electron chi connectivity index (χ0n) is 9.97. The molecule has 0 aliphatic carbocycles. The third kappa shape index (κ3) is 1.94. The van der Waals surface area contributed by atoms with Gasteiger partial charge in [0.1, 0.15) is 4.60 Å². The predicted molar refractivity (Wildman–Crippen MR) is 75.6 cm³/mol. The molecule has 0 aliphatic rings. The molecular weight excluding hydrogens is 347 g/mol. The average molecular weight is 355 g/mol. The zero-order chi connectivity index (χ0) is 14.3. The van der Waals surface area contributed by atoms with Gasteiger partial charge in [0.2, 0.25) is 9.84 Å². The average Bonchev–Trinajstić information content (AvgIpc) is 2.94. The standard InChI is InChI=1S/C13H8BrFN2O2S/c14-12-9-6-7-16-11(9)10(15)13(17-12)20(18,19)8-4-2-1-3-5-8/h1-7,16H. The number of sulfone groups is 1. The molecule has 0 saturated carbocycles. The largest absolute Gasteiger partial charge is 0.359 e. The highest BCUT2D eigenvalue weighted by Gasteiger charge is 2.26. The summed E-state index contributed by atoms with van der Waals surface area (Å²) in [6.45, 7) is 0. The third-order valence-corrected chi connectivity index (χ3v) is 5.16. The van der Waals surface area contributed by atoms with Crippen molar-refractivity contribution in [2.45, 2.75) is 9.92 Å². The highest BCUT2D eigenvalue weighted by molar-refractivity contribution is 9.10. The minimum Gasteiger partial charge on any atom is -0.359 e. The molecule has 0 atom stereocenters. The summed E-state index contributed by atoms with van der Waals surface area (Å²) in [5, 5.41) is -0.0972. The predicted octanol–water partition coefficient (Wildman–Crippen LogP) is 3.30. The number of rotatable bonds is 2. The maximum Gasteiger partial charge on any atom is 0.226 e. The molecule has 0 bridgehead atoms. The molecule has 0 amide bonds. The van der Waals surface area contributed by atoms with E-state index in [1.807, 2.05) is 0 Å². The van der Waals surface area contributed by atoms with Crippen LogP contribution in [-0.2, 0) is 9.84 Å². The van der Waals surface area contributed by atoms with E-state index in [-0.39, 0.29) is 15.0 Å². The summed E-state index contributed by atoms with van der Waals surface area (Å²) in [6.07, 6.45) is 1.53. The molecule has 3 aromatic rings. The highest BCUT2D eigenvalue weighted by Crippen LogP contribution is 2.30. The van der Waals surface area contributed by atoms with Gasteiger partial charge in [-0.1, -0.05) is 18.2 Å². The molecule has 0 fully saturated rings. The Labute approximate surface area is 122 Å². The van der Waals surface area contributed by atoms with Gasteiger partial charge in [-0.05, 0) is 34.1 Å². The number of pyridine rings is 1. The zero-order valence-corrected chi connectivity index (χ0v) is 12.4. The first-order chi connectivity index (χ1) is 9.51. The molecule has 2 aromatic heterocycles. The van der Waals surface area contributed by atoms with Crippen molar-refractivity contribution in [2.75, 3.05) is 0 Å². The summed E-state index contributed by atoms with van der Waals surface area (Å²) in [5.41, 5.74) is 0.112. The second kappa shape index (κ2) is 4.68. The number of fused-ring (bicyclic) bond motifs is 1. The lowest BCUT2D eigenvalue weighted by Gasteiger charge is -2.06. The van der Waals surface area contributed by atoms with Crippen LogP contribution < -0.4 is 0 Å². The lowest BCUT2D eigenvalue weighted by atomic mass is 10.3. The maximum absolute atomic E-state index is 14.4. The Balaban J connectivity index is 2.33. The van der Waals surface area contributed by atoms with E-state index in [9.17, 15) is 12.8 Å². The van der Waals surface area contributed by atoms with Crippen molar-refractivity contribution in [3.05, 3.63) is 53.0 Å². The smallest absolute Gasteiger partial charge is 0.226 e. The number of H-pyrrole nitrogens is 1. The fourth-order valence-electron chi connectivity index (χ4n) is 1.92. The molecule has 0 radical (unpaired) electrons. The monoisotopic (exact) mass is 354 g/mol. The molecule has 0 saturated heterocycles. The molecule has 102 valence electrons. The van der Waals surface area contributed by atoms with Crippen molar-refractivity contribution in [1.29, 1.82) is 0 Å². The lowest BCUT2D eigenvalue weighted by Crippen LogP contribution is -2.08. The first-order valence-corrected chi connectivity index (χ1v) is 7.91. The fourth-order valence-corrected chi connectivity index (χ4v) is 3.83. The number of aromatic amines is 1. The molecule has 0 aliphatic heterocycles. The van der Waals surface area contributed by atoms with Crippen LogP contribution in [0.1, 0.15) is 0 Å². The Hall–Kier alpha value is -1.73. The number of halogens is 2. The Morgan fingerprint density at radius 3 is 2.55 bits per heavy atom. The summed E-state index contributed by atoms with van der Waals surface area (Å²) >= 11 is 3.16. The second-order valence-corrected chi connectivity index (χ2v) is 6.72. The Kier molecular flexibility index (Phi) is 3.10. The van der Waals surface area contributed by atoms with Crippen LogP contribution in [0.4, 0.5) is 4.39 Å². The number of aromatic nitrogens is 2. The van der Waals surface area contributed by atoms with Crippen LogP contribution in [0.2, 0.25) is 0 Å². The van der Waals surface area contributed by atoms with Crippen molar-refractivity contribution in [1.82, 2.24) is 9.97 Å². The van der Waals surface area contributed by atoms with Gasteiger partial charge in [-0.3, -0.25) is 0 Å². The first-order valence-electron chi connectivity index (χ1n) is 5.64. The molecule has 0 spiro atoms. The van der Waals surface area contributed by atoms with Gasteiger partial charge in [-0.2, -0.15) is 0 Å². The van der Waals surface area contributed by atoms with Gasteiger partial charge < -0.3 is 4.98 Å². The van der Waals surface area contributed by atoms with Gasteiger partial charge in [0.05, 0.1) is 10.4 Å².